The number of hydrogen-bond acceptors (Lipinski definition) is 2. The molecule has 0 radical (unpaired) electrons. The molecule has 0 saturated carbocycles. The molecule has 0 aliphatic carbocycles. The minimum absolute atomic E-state index is 0.00554. The molecule has 0 atom stereocenters. The van der Waals surface area contributed by atoms with Gasteiger partial charge in [0.25, 0.3) is 5.91 Å². The summed E-state index contributed by atoms with van der Waals surface area (Å²) in [6, 6.07) is 3.28. The Morgan fingerprint density at radius 2 is 2.05 bits per heavy atom. The molecule has 0 aromatic heterocycles. The minimum Gasteiger partial charge on any atom is -0.392 e. The van der Waals surface area contributed by atoms with E-state index in [-0.39, 0.29) is 21.6 Å². The molecular weight excluding hydrogens is 345 g/mol. The third-order valence-electron chi connectivity index (χ3n) is 2.26. The third kappa shape index (κ3) is 4.17. The molecule has 0 aliphatic rings. The Morgan fingerprint density at radius 3 is 2.53 bits per heavy atom. The Hall–Kier alpha value is -1.15. The molecule has 1 aromatic rings. The van der Waals surface area contributed by atoms with Gasteiger partial charge in [0, 0.05) is 17.1 Å². The van der Waals surface area contributed by atoms with E-state index in [2.05, 4.69) is 28.1 Å². The number of benzene rings is 1. The SMILES string of the molecule is CN(CC(N)=S)C(=O)c1ccc(Br)c(C(F)(F)F)c1. The van der Waals surface area contributed by atoms with Gasteiger partial charge < -0.3 is 10.6 Å². The van der Waals surface area contributed by atoms with E-state index in [9.17, 15) is 18.0 Å². The summed E-state index contributed by atoms with van der Waals surface area (Å²) in [6.45, 7) is 0.00554. The number of amides is 1. The molecule has 2 N–H and O–H groups in total. The number of halogens is 4. The van der Waals surface area contributed by atoms with Crippen molar-refractivity contribution in [3.05, 3.63) is 33.8 Å². The lowest BCUT2D eigenvalue weighted by atomic mass is 10.1. The van der Waals surface area contributed by atoms with Crippen LogP contribution in [0.5, 0.6) is 0 Å². The lowest BCUT2D eigenvalue weighted by molar-refractivity contribution is -0.138. The normalized spacial score (nSPS) is 11.2. The lowest BCUT2D eigenvalue weighted by Crippen LogP contribution is -2.34. The molecule has 1 rings (SSSR count). The molecule has 0 unspecified atom stereocenters. The van der Waals surface area contributed by atoms with E-state index in [0.29, 0.717) is 0 Å². The maximum absolute atomic E-state index is 12.7. The smallest absolute Gasteiger partial charge is 0.392 e. The van der Waals surface area contributed by atoms with Crippen LogP contribution in [-0.2, 0) is 6.18 Å². The Kier molecular flexibility index (Phi) is 4.92. The second-order valence-corrected chi connectivity index (χ2v) is 5.20. The van der Waals surface area contributed by atoms with E-state index in [0.717, 1.165) is 11.0 Å². The topological polar surface area (TPSA) is 46.3 Å². The van der Waals surface area contributed by atoms with E-state index < -0.39 is 17.6 Å². The molecule has 3 nitrogen and oxygen atoms in total. The molecule has 0 spiro atoms. The van der Waals surface area contributed by atoms with E-state index in [1.54, 1.807) is 0 Å². The van der Waals surface area contributed by atoms with Crippen molar-refractivity contribution in [2.75, 3.05) is 13.6 Å². The van der Waals surface area contributed by atoms with E-state index in [4.69, 9.17) is 5.73 Å². The van der Waals surface area contributed by atoms with Crippen LogP contribution >= 0.6 is 28.1 Å². The summed E-state index contributed by atoms with van der Waals surface area (Å²) in [4.78, 5) is 13.1. The summed E-state index contributed by atoms with van der Waals surface area (Å²) < 4.78 is 38.0. The molecule has 1 amide bonds. The first kappa shape index (κ1) is 15.9. The molecule has 19 heavy (non-hydrogen) atoms. The van der Waals surface area contributed by atoms with Gasteiger partial charge in [-0.05, 0) is 18.2 Å². The Balaban J connectivity index is 3.09. The predicted octanol–water partition coefficient (Wildman–Crippen LogP) is 2.83. The lowest BCUT2D eigenvalue weighted by Gasteiger charge is -2.17. The summed E-state index contributed by atoms with van der Waals surface area (Å²) in [5.41, 5.74) is 4.31. The van der Waals surface area contributed by atoms with Crippen molar-refractivity contribution in [2.24, 2.45) is 5.73 Å². The minimum atomic E-state index is -4.53. The number of likely N-dealkylation sites (N-methyl/N-ethyl adjacent to an activating group) is 1. The number of hydrogen-bond donors (Lipinski definition) is 1. The molecular formula is C11H10BrF3N2OS. The number of thiocarbonyl (C=S) groups is 1. The number of carbonyl (C=O) groups excluding carboxylic acids is 1. The van der Waals surface area contributed by atoms with Gasteiger partial charge in [0.05, 0.1) is 17.1 Å². The number of nitrogens with two attached hydrogens (primary N) is 1. The quantitative estimate of drug-likeness (QED) is 0.849. The van der Waals surface area contributed by atoms with Gasteiger partial charge in [-0.25, -0.2) is 0 Å². The Bertz CT molecular complexity index is 519. The zero-order chi connectivity index (χ0) is 14.8. The zero-order valence-electron chi connectivity index (χ0n) is 9.79. The summed E-state index contributed by atoms with van der Waals surface area (Å²) in [6.07, 6.45) is -4.53. The Morgan fingerprint density at radius 1 is 1.47 bits per heavy atom. The van der Waals surface area contributed by atoms with E-state index in [1.807, 2.05) is 0 Å². The highest BCUT2D eigenvalue weighted by Crippen LogP contribution is 2.35. The Labute approximate surface area is 121 Å². The molecule has 0 heterocycles. The van der Waals surface area contributed by atoms with Crippen molar-refractivity contribution in [1.29, 1.82) is 0 Å². The summed E-state index contributed by atoms with van der Waals surface area (Å²) in [5, 5.41) is 0. The van der Waals surface area contributed by atoms with Crippen LogP contribution in [0.3, 0.4) is 0 Å². The number of alkyl halides is 3. The van der Waals surface area contributed by atoms with Crippen LogP contribution in [-0.4, -0.2) is 29.4 Å². The van der Waals surface area contributed by atoms with Crippen molar-refractivity contribution < 1.29 is 18.0 Å². The standard InChI is InChI=1S/C11H10BrF3N2OS/c1-17(5-9(16)19)10(18)6-2-3-8(12)7(4-6)11(13,14)15/h2-4H,5H2,1H3,(H2,16,19). The number of rotatable bonds is 3. The largest absolute Gasteiger partial charge is 0.417 e. The highest BCUT2D eigenvalue weighted by atomic mass is 79.9. The molecule has 0 fully saturated rings. The summed E-state index contributed by atoms with van der Waals surface area (Å²) >= 11 is 7.45. The zero-order valence-corrected chi connectivity index (χ0v) is 12.2. The van der Waals surface area contributed by atoms with Crippen molar-refractivity contribution in [1.82, 2.24) is 4.90 Å². The van der Waals surface area contributed by atoms with Gasteiger partial charge >= 0.3 is 6.18 Å². The molecule has 8 heteroatoms. The van der Waals surface area contributed by atoms with Crippen LogP contribution in [0, 0.1) is 0 Å². The van der Waals surface area contributed by atoms with E-state index in [1.165, 1.54) is 19.2 Å². The molecule has 1 aromatic carbocycles. The maximum atomic E-state index is 12.7. The average Bonchev–Trinajstić information content (AvgIpc) is 2.26. The van der Waals surface area contributed by atoms with Gasteiger partial charge in [0.15, 0.2) is 0 Å². The average molecular weight is 355 g/mol. The van der Waals surface area contributed by atoms with Gasteiger partial charge in [-0.3, -0.25) is 4.79 Å². The fraction of sp³-hybridized carbons (Fsp3) is 0.273. The second kappa shape index (κ2) is 5.87. The first-order valence-electron chi connectivity index (χ1n) is 5.03. The van der Waals surface area contributed by atoms with Gasteiger partial charge in [-0.15, -0.1) is 0 Å². The fourth-order valence-electron chi connectivity index (χ4n) is 1.40. The van der Waals surface area contributed by atoms with Gasteiger partial charge in [-0.1, -0.05) is 28.1 Å². The predicted molar refractivity (Wildman–Crippen MR) is 72.9 cm³/mol. The monoisotopic (exact) mass is 354 g/mol. The summed E-state index contributed by atoms with van der Waals surface area (Å²) in [7, 11) is 1.41. The molecule has 0 aliphatic heterocycles. The second-order valence-electron chi connectivity index (χ2n) is 3.82. The summed E-state index contributed by atoms with van der Waals surface area (Å²) in [5.74, 6) is -0.578. The third-order valence-corrected chi connectivity index (χ3v) is 3.08. The maximum Gasteiger partial charge on any atom is 0.417 e. The van der Waals surface area contributed by atoms with Crippen LogP contribution in [0.1, 0.15) is 15.9 Å². The van der Waals surface area contributed by atoms with Crippen molar-refractivity contribution in [3.8, 4) is 0 Å². The molecule has 104 valence electrons. The molecule has 0 bridgehead atoms. The first-order valence-corrected chi connectivity index (χ1v) is 6.23. The van der Waals surface area contributed by atoms with Crippen molar-refractivity contribution >= 4 is 39.0 Å². The number of nitrogens with zero attached hydrogens (tertiary/aromatic N) is 1. The molecule has 0 saturated heterocycles. The number of carbonyl (C=O) groups is 1. The van der Waals surface area contributed by atoms with Crippen LogP contribution in [0.4, 0.5) is 13.2 Å². The van der Waals surface area contributed by atoms with Crippen LogP contribution < -0.4 is 5.73 Å². The highest BCUT2D eigenvalue weighted by molar-refractivity contribution is 9.10. The van der Waals surface area contributed by atoms with E-state index >= 15 is 0 Å². The van der Waals surface area contributed by atoms with Crippen molar-refractivity contribution in [3.63, 3.8) is 0 Å². The first-order chi connectivity index (χ1) is 8.62. The van der Waals surface area contributed by atoms with Crippen LogP contribution in [0.25, 0.3) is 0 Å². The fourth-order valence-corrected chi connectivity index (χ4v) is 2.07. The highest BCUT2D eigenvalue weighted by Gasteiger charge is 2.33. The van der Waals surface area contributed by atoms with Gasteiger partial charge in [-0.2, -0.15) is 13.2 Å². The van der Waals surface area contributed by atoms with Crippen LogP contribution in [0.15, 0.2) is 22.7 Å². The van der Waals surface area contributed by atoms with Gasteiger partial charge in [0.2, 0.25) is 0 Å². The van der Waals surface area contributed by atoms with Crippen molar-refractivity contribution in [2.45, 2.75) is 6.18 Å². The van der Waals surface area contributed by atoms with Crippen LogP contribution in [0.2, 0.25) is 0 Å². The van der Waals surface area contributed by atoms with Gasteiger partial charge in [0.1, 0.15) is 0 Å².